The molecule has 1 aromatic heterocycles. The monoisotopic (exact) mass is 705 g/mol. The number of thiophene rings is 1. The van der Waals surface area contributed by atoms with Gasteiger partial charge < -0.3 is 4.90 Å². The first-order valence-electron chi connectivity index (χ1n) is 18.4. The van der Waals surface area contributed by atoms with E-state index in [1.54, 1.807) is 0 Å². The van der Waals surface area contributed by atoms with E-state index in [2.05, 4.69) is 217 Å². The van der Waals surface area contributed by atoms with Crippen molar-refractivity contribution in [2.45, 2.75) is 0 Å². The van der Waals surface area contributed by atoms with Crippen LogP contribution >= 0.6 is 11.3 Å². The van der Waals surface area contributed by atoms with Crippen molar-refractivity contribution in [3.05, 3.63) is 212 Å². The van der Waals surface area contributed by atoms with Crippen LogP contribution in [0.1, 0.15) is 0 Å². The molecule has 10 aromatic rings. The fourth-order valence-electron chi connectivity index (χ4n) is 7.89. The van der Waals surface area contributed by atoms with Crippen LogP contribution in [0.3, 0.4) is 0 Å². The SMILES string of the molecule is c1ccc(-c2ccc(N(c3ccc(-c4ccccc4-c4ccc5ccccc5c4)cc3)c3ccccc3-c3cccc4sc5ccccc5c34)cc2)cc1. The van der Waals surface area contributed by atoms with Crippen LogP contribution in [0, 0.1) is 0 Å². The smallest absolute Gasteiger partial charge is 0.0540 e. The van der Waals surface area contributed by atoms with Crippen LogP contribution in [-0.2, 0) is 0 Å². The van der Waals surface area contributed by atoms with Gasteiger partial charge in [0.25, 0.3) is 0 Å². The highest BCUT2D eigenvalue weighted by molar-refractivity contribution is 7.25. The Hall–Kier alpha value is -6.74. The van der Waals surface area contributed by atoms with Gasteiger partial charge in [0.2, 0.25) is 0 Å². The van der Waals surface area contributed by atoms with E-state index in [0.717, 1.165) is 17.1 Å². The Morgan fingerprint density at radius 2 is 0.852 bits per heavy atom. The second-order valence-electron chi connectivity index (χ2n) is 13.7. The molecule has 9 aromatic carbocycles. The van der Waals surface area contributed by atoms with Gasteiger partial charge in [-0.3, -0.25) is 0 Å². The van der Waals surface area contributed by atoms with E-state index in [-0.39, 0.29) is 0 Å². The minimum absolute atomic E-state index is 1.10. The van der Waals surface area contributed by atoms with Gasteiger partial charge in [-0.25, -0.2) is 0 Å². The van der Waals surface area contributed by atoms with E-state index in [1.807, 2.05) is 11.3 Å². The third kappa shape index (κ3) is 5.74. The Labute approximate surface area is 319 Å². The highest BCUT2D eigenvalue weighted by Gasteiger charge is 2.20. The molecule has 10 rings (SSSR count). The lowest BCUT2D eigenvalue weighted by atomic mass is 9.93. The van der Waals surface area contributed by atoms with Crippen LogP contribution in [0.4, 0.5) is 17.1 Å². The van der Waals surface area contributed by atoms with E-state index in [1.165, 1.54) is 75.5 Å². The Bertz CT molecular complexity index is 2920. The van der Waals surface area contributed by atoms with E-state index >= 15 is 0 Å². The van der Waals surface area contributed by atoms with Crippen molar-refractivity contribution in [3.8, 4) is 44.5 Å². The number of nitrogens with zero attached hydrogens (tertiary/aromatic N) is 1. The normalized spacial score (nSPS) is 11.3. The molecule has 0 spiro atoms. The number of rotatable bonds is 7. The Balaban J connectivity index is 1.11. The van der Waals surface area contributed by atoms with Crippen molar-refractivity contribution in [3.63, 3.8) is 0 Å². The number of hydrogen-bond acceptors (Lipinski definition) is 2. The van der Waals surface area contributed by atoms with Gasteiger partial charge in [-0.15, -0.1) is 11.3 Å². The number of benzene rings is 9. The second kappa shape index (κ2) is 13.7. The van der Waals surface area contributed by atoms with Gasteiger partial charge >= 0.3 is 0 Å². The summed E-state index contributed by atoms with van der Waals surface area (Å²) in [6.07, 6.45) is 0. The summed E-state index contributed by atoms with van der Waals surface area (Å²) in [5, 5.41) is 5.12. The minimum atomic E-state index is 1.10. The second-order valence-corrected chi connectivity index (χ2v) is 14.8. The fraction of sp³-hybridized carbons (Fsp3) is 0. The van der Waals surface area contributed by atoms with E-state index in [0.29, 0.717) is 0 Å². The van der Waals surface area contributed by atoms with Crippen molar-refractivity contribution in [1.82, 2.24) is 0 Å². The Morgan fingerprint density at radius 1 is 0.315 bits per heavy atom. The summed E-state index contributed by atoms with van der Waals surface area (Å²) in [7, 11) is 0. The average Bonchev–Trinajstić information content (AvgIpc) is 3.64. The first kappa shape index (κ1) is 32.0. The quantitative estimate of drug-likeness (QED) is 0.160. The van der Waals surface area contributed by atoms with E-state index in [4.69, 9.17) is 0 Å². The van der Waals surface area contributed by atoms with Crippen LogP contribution in [0.5, 0.6) is 0 Å². The number of para-hydroxylation sites is 1. The van der Waals surface area contributed by atoms with Gasteiger partial charge in [-0.1, -0.05) is 164 Å². The lowest BCUT2D eigenvalue weighted by molar-refractivity contribution is 1.28. The molecule has 0 saturated carbocycles. The van der Waals surface area contributed by atoms with Gasteiger partial charge in [0.05, 0.1) is 5.69 Å². The van der Waals surface area contributed by atoms with Crippen molar-refractivity contribution < 1.29 is 0 Å². The van der Waals surface area contributed by atoms with Gasteiger partial charge in [-0.05, 0) is 98.2 Å². The molecule has 0 aliphatic carbocycles. The molecule has 0 unspecified atom stereocenters. The first-order valence-corrected chi connectivity index (χ1v) is 19.2. The van der Waals surface area contributed by atoms with Crippen LogP contribution in [0.15, 0.2) is 212 Å². The lowest BCUT2D eigenvalue weighted by Gasteiger charge is -2.28. The van der Waals surface area contributed by atoms with Crippen LogP contribution in [0.25, 0.3) is 75.5 Å². The molecule has 0 radical (unpaired) electrons. The zero-order chi connectivity index (χ0) is 35.8. The summed E-state index contributed by atoms with van der Waals surface area (Å²) >= 11 is 1.86. The molecule has 0 bridgehead atoms. The van der Waals surface area contributed by atoms with Crippen molar-refractivity contribution in [2.24, 2.45) is 0 Å². The molecule has 254 valence electrons. The molecule has 0 N–H and O–H groups in total. The number of fused-ring (bicyclic) bond motifs is 4. The van der Waals surface area contributed by atoms with Crippen LogP contribution in [-0.4, -0.2) is 0 Å². The van der Waals surface area contributed by atoms with Crippen molar-refractivity contribution in [1.29, 1.82) is 0 Å². The molecule has 1 heterocycles. The van der Waals surface area contributed by atoms with Gasteiger partial charge in [-0.2, -0.15) is 0 Å². The Morgan fingerprint density at radius 3 is 1.63 bits per heavy atom. The molecule has 0 amide bonds. The third-order valence-electron chi connectivity index (χ3n) is 10.5. The zero-order valence-corrected chi connectivity index (χ0v) is 30.4. The van der Waals surface area contributed by atoms with Crippen molar-refractivity contribution >= 4 is 59.3 Å². The maximum Gasteiger partial charge on any atom is 0.0540 e. The zero-order valence-electron chi connectivity index (χ0n) is 29.6. The molecule has 1 nitrogen and oxygen atoms in total. The molecular weight excluding hydrogens is 671 g/mol. The topological polar surface area (TPSA) is 3.24 Å². The highest BCUT2D eigenvalue weighted by Crippen LogP contribution is 2.46. The molecule has 0 aliphatic rings. The van der Waals surface area contributed by atoms with Gasteiger partial charge in [0.1, 0.15) is 0 Å². The summed E-state index contributed by atoms with van der Waals surface area (Å²) in [6.45, 7) is 0. The fourth-order valence-corrected chi connectivity index (χ4v) is 9.02. The summed E-state index contributed by atoms with van der Waals surface area (Å²) < 4.78 is 2.61. The molecule has 0 atom stereocenters. The Kier molecular flexibility index (Phi) is 8.09. The standard InChI is InChI=1S/C52H35NS/c1-2-13-36(14-3-1)38-27-31-42(32-28-38)53(49-22-10-8-19-46(49)47-21-12-24-51-52(47)48-20-9-11-23-50(48)54-51)43-33-29-39(30-34-43)44-17-6-7-18-45(44)41-26-25-37-15-4-5-16-40(37)35-41/h1-35H. The molecular formula is C52H35NS. The first-order chi connectivity index (χ1) is 26.8. The minimum Gasteiger partial charge on any atom is -0.310 e. The lowest BCUT2D eigenvalue weighted by Crippen LogP contribution is -2.11. The van der Waals surface area contributed by atoms with Gasteiger partial charge in [0, 0.05) is 37.1 Å². The maximum absolute atomic E-state index is 2.41. The predicted octanol–water partition coefficient (Wildman–Crippen LogP) is 15.3. The highest BCUT2D eigenvalue weighted by atomic mass is 32.1. The maximum atomic E-state index is 2.41. The van der Waals surface area contributed by atoms with Crippen LogP contribution < -0.4 is 4.90 Å². The molecule has 0 fully saturated rings. The van der Waals surface area contributed by atoms with Crippen molar-refractivity contribution in [2.75, 3.05) is 4.90 Å². The predicted molar refractivity (Wildman–Crippen MR) is 233 cm³/mol. The average molecular weight is 706 g/mol. The van der Waals surface area contributed by atoms with E-state index in [9.17, 15) is 0 Å². The van der Waals surface area contributed by atoms with Gasteiger partial charge in [0.15, 0.2) is 0 Å². The summed E-state index contributed by atoms with van der Waals surface area (Å²) in [5.74, 6) is 0. The van der Waals surface area contributed by atoms with Crippen LogP contribution in [0.2, 0.25) is 0 Å². The molecule has 2 heteroatoms. The van der Waals surface area contributed by atoms with E-state index < -0.39 is 0 Å². The number of hydrogen-bond donors (Lipinski definition) is 0. The number of anilines is 3. The third-order valence-corrected chi connectivity index (χ3v) is 11.6. The summed E-state index contributed by atoms with van der Waals surface area (Å²) in [5.41, 5.74) is 13.0. The molecule has 0 aliphatic heterocycles. The molecule has 54 heavy (non-hydrogen) atoms. The summed E-state index contributed by atoms with van der Waals surface area (Å²) in [6, 6.07) is 77.1. The summed E-state index contributed by atoms with van der Waals surface area (Å²) in [4.78, 5) is 2.41. The largest absolute Gasteiger partial charge is 0.310 e. The molecule has 0 saturated heterocycles.